The molecule has 0 aliphatic carbocycles. The number of ether oxygens (including phenoxy) is 2. The molecule has 1 saturated heterocycles. The Morgan fingerprint density at radius 2 is 2.04 bits per heavy atom. The molecule has 0 N–H and O–H groups in total. The highest BCUT2D eigenvalue weighted by Gasteiger charge is 2.27. The largest absolute Gasteiger partial charge is 0.492 e. The molecule has 6 heteroatoms. The third kappa shape index (κ3) is 4.67. The van der Waals surface area contributed by atoms with Gasteiger partial charge < -0.3 is 14.4 Å². The van der Waals surface area contributed by atoms with Crippen LogP contribution in [0.3, 0.4) is 0 Å². The van der Waals surface area contributed by atoms with Crippen molar-refractivity contribution < 1.29 is 9.47 Å². The Morgan fingerprint density at radius 1 is 1.24 bits per heavy atom. The van der Waals surface area contributed by atoms with Gasteiger partial charge in [0.2, 0.25) is 0 Å². The summed E-state index contributed by atoms with van der Waals surface area (Å²) in [6.45, 7) is 5.66. The molecule has 0 saturated carbocycles. The number of para-hydroxylation sites is 1. The van der Waals surface area contributed by atoms with Gasteiger partial charge in [0, 0.05) is 38.9 Å². The number of aromatic nitrogens is 2. The highest BCUT2D eigenvalue weighted by molar-refractivity contribution is 5.38. The Morgan fingerprint density at radius 3 is 2.80 bits per heavy atom. The van der Waals surface area contributed by atoms with Crippen molar-refractivity contribution >= 4 is 5.82 Å². The summed E-state index contributed by atoms with van der Waals surface area (Å²) in [5.41, 5.74) is 0.972. The van der Waals surface area contributed by atoms with Crippen molar-refractivity contribution in [3.05, 3.63) is 47.9 Å². The van der Waals surface area contributed by atoms with Crippen LogP contribution in [0.2, 0.25) is 0 Å². The highest BCUT2D eigenvalue weighted by atomic mass is 16.5. The van der Waals surface area contributed by atoms with Gasteiger partial charge in [0.05, 0.1) is 19.3 Å². The van der Waals surface area contributed by atoms with Gasteiger partial charge in [-0.25, -0.2) is 9.97 Å². The van der Waals surface area contributed by atoms with E-state index in [9.17, 15) is 0 Å². The van der Waals surface area contributed by atoms with Gasteiger partial charge >= 0.3 is 0 Å². The van der Waals surface area contributed by atoms with E-state index in [0.717, 1.165) is 42.8 Å². The van der Waals surface area contributed by atoms with Gasteiger partial charge in [0.15, 0.2) is 0 Å². The van der Waals surface area contributed by atoms with Crippen molar-refractivity contribution in [2.75, 3.05) is 51.9 Å². The summed E-state index contributed by atoms with van der Waals surface area (Å²) in [4.78, 5) is 13.7. The molecule has 25 heavy (non-hydrogen) atoms. The first kappa shape index (κ1) is 17.6. The maximum Gasteiger partial charge on any atom is 0.150 e. The van der Waals surface area contributed by atoms with E-state index < -0.39 is 0 Å². The second-order valence-electron chi connectivity index (χ2n) is 6.41. The molecular weight excluding hydrogens is 316 g/mol. The molecule has 1 aliphatic rings. The first-order chi connectivity index (χ1) is 12.1. The van der Waals surface area contributed by atoms with Crippen LogP contribution in [0.1, 0.15) is 17.6 Å². The standard InChI is InChI=1S/C19H26N4O2/c1-15-13-18(22(2)3)21-19(20-15)17-14-24-11-9-23(17)10-12-25-16-7-5-4-6-8-16/h4-8,13,17H,9-12,14H2,1-3H3. The lowest BCUT2D eigenvalue weighted by Gasteiger charge is -2.34. The van der Waals surface area contributed by atoms with E-state index in [4.69, 9.17) is 14.5 Å². The van der Waals surface area contributed by atoms with E-state index in [1.54, 1.807) is 0 Å². The van der Waals surface area contributed by atoms with Gasteiger partial charge in [-0.1, -0.05) is 18.2 Å². The van der Waals surface area contributed by atoms with Gasteiger partial charge in [-0.3, -0.25) is 4.90 Å². The van der Waals surface area contributed by atoms with Crippen LogP contribution in [0.5, 0.6) is 5.75 Å². The normalized spacial score (nSPS) is 18.1. The van der Waals surface area contributed by atoms with Crippen LogP contribution < -0.4 is 9.64 Å². The number of hydrogen-bond donors (Lipinski definition) is 0. The summed E-state index contributed by atoms with van der Waals surface area (Å²) < 4.78 is 11.5. The molecule has 3 rings (SSSR count). The zero-order valence-electron chi connectivity index (χ0n) is 15.2. The number of rotatable bonds is 6. The van der Waals surface area contributed by atoms with Crippen LogP contribution in [-0.2, 0) is 4.74 Å². The molecule has 1 atom stereocenters. The van der Waals surface area contributed by atoms with Gasteiger partial charge in [-0.15, -0.1) is 0 Å². The minimum absolute atomic E-state index is 0.0618. The van der Waals surface area contributed by atoms with Crippen molar-refractivity contribution in [3.8, 4) is 5.75 Å². The van der Waals surface area contributed by atoms with Crippen molar-refractivity contribution in [2.45, 2.75) is 13.0 Å². The molecule has 0 amide bonds. The summed E-state index contributed by atoms with van der Waals surface area (Å²) in [6.07, 6.45) is 0. The average Bonchev–Trinajstić information content (AvgIpc) is 2.62. The van der Waals surface area contributed by atoms with E-state index in [0.29, 0.717) is 13.2 Å². The second-order valence-corrected chi connectivity index (χ2v) is 6.41. The minimum atomic E-state index is 0.0618. The molecule has 1 aliphatic heterocycles. The van der Waals surface area contributed by atoms with Crippen LogP contribution in [0.25, 0.3) is 0 Å². The van der Waals surface area contributed by atoms with E-state index >= 15 is 0 Å². The van der Waals surface area contributed by atoms with E-state index in [2.05, 4.69) is 9.88 Å². The van der Waals surface area contributed by atoms with Crippen molar-refractivity contribution in [1.29, 1.82) is 0 Å². The predicted octanol–water partition coefficient (Wildman–Crippen LogP) is 2.30. The minimum Gasteiger partial charge on any atom is -0.492 e. The maximum absolute atomic E-state index is 5.85. The summed E-state index contributed by atoms with van der Waals surface area (Å²) in [6, 6.07) is 12.0. The van der Waals surface area contributed by atoms with Crippen LogP contribution in [0, 0.1) is 6.92 Å². The fourth-order valence-corrected chi connectivity index (χ4v) is 2.89. The Balaban J connectivity index is 1.68. The molecular formula is C19H26N4O2. The highest BCUT2D eigenvalue weighted by Crippen LogP contribution is 2.23. The zero-order chi connectivity index (χ0) is 17.6. The fourth-order valence-electron chi connectivity index (χ4n) is 2.89. The number of benzene rings is 1. The Labute approximate surface area is 149 Å². The molecule has 0 spiro atoms. The molecule has 2 aromatic rings. The Bertz CT molecular complexity index is 678. The number of anilines is 1. The monoisotopic (exact) mass is 342 g/mol. The third-order valence-corrected chi connectivity index (χ3v) is 4.24. The van der Waals surface area contributed by atoms with Crippen molar-refractivity contribution in [1.82, 2.24) is 14.9 Å². The van der Waals surface area contributed by atoms with E-state index in [-0.39, 0.29) is 6.04 Å². The predicted molar refractivity (Wildman–Crippen MR) is 98.2 cm³/mol. The number of morpholine rings is 1. The number of hydrogen-bond acceptors (Lipinski definition) is 6. The SMILES string of the molecule is Cc1cc(N(C)C)nc(C2COCCN2CCOc2ccccc2)n1. The first-order valence-electron chi connectivity index (χ1n) is 8.66. The molecule has 1 aromatic carbocycles. The van der Waals surface area contributed by atoms with E-state index in [1.807, 2.05) is 62.3 Å². The Hall–Kier alpha value is -2.18. The second kappa shape index (κ2) is 8.27. The van der Waals surface area contributed by atoms with Crippen molar-refractivity contribution in [2.24, 2.45) is 0 Å². The molecule has 2 heterocycles. The fraction of sp³-hybridized carbons (Fsp3) is 0.474. The van der Waals surface area contributed by atoms with Gasteiger partial charge in [0.1, 0.15) is 24.0 Å². The maximum atomic E-state index is 5.85. The number of aryl methyl sites for hydroxylation is 1. The zero-order valence-corrected chi connectivity index (χ0v) is 15.2. The van der Waals surface area contributed by atoms with Crippen LogP contribution in [0.4, 0.5) is 5.82 Å². The lowest BCUT2D eigenvalue weighted by molar-refractivity contribution is -0.0163. The Kier molecular flexibility index (Phi) is 5.83. The van der Waals surface area contributed by atoms with Crippen LogP contribution in [-0.4, -0.2) is 61.9 Å². The summed E-state index contributed by atoms with van der Waals surface area (Å²) in [7, 11) is 3.99. The lowest BCUT2D eigenvalue weighted by atomic mass is 10.2. The first-order valence-corrected chi connectivity index (χ1v) is 8.66. The topological polar surface area (TPSA) is 50.7 Å². The lowest BCUT2D eigenvalue weighted by Crippen LogP contribution is -2.42. The molecule has 134 valence electrons. The van der Waals surface area contributed by atoms with Gasteiger partial charge in [-0.2, -0.15) is 0 Å². The van der Waals surface area contributed by atoms with Crippen LogP contribution in [0.15, 0.2) is 36.4 Å². The molecule has 0 bridgehead atoms. The molecule has 1 unspecified atom stereocenters. The smallest absolute Gasteiger partial charge is 0.150 e. The average molecular weight is 342 g/mol. The molecule has 1 aromatic heterocycles. The summed E-state index contributed by atoms with van der Waals surface area (Å²) >= 11 is 0. The number of nitrogens with zero attached hydrogens (tertiary/aromatic N) is 4. The van der Waals surface area contributed by atoms with Crippen molar-refractivity contribution in [3.63, 3.8) is 0 Å². The van der Waals surface area contributed by atoms with Gasteiger partial charge in [-0.05, 0) is 19.1 Å². The van der Waals surface area contributed by atoms with E-state index in [1.165, 1.54) is 0 Å². The summed E-state index contributed by atoms with van der Waals surface area (Å²) in [5, 5.41) is 0. The molecule has 0 radical (unpaired) electrons. The van der Waals surface area contributed by atoms with Gasteiger partial charge in [0.25, 0.3) is 0 Å². The molecule has 6 nitrogen and oxygen atoms in total. The molecule has 1 fully saturated rings. The van der Waals surface area contributed by atoms with Crippen LogP contribution >= 0.6 is 0 Å². The quantitative estimate of drug-likeness (QED) is 0.803. The third-order valence-electron chi connectivity index (χ3n) is 4.24. The summed E-state index contributed by atoms with van der Waals surface area (Å²) in [5.74, 6) is 2.64.